The molecule has 0 radical (unpaired) electrons. The van der Waals surface area contributed by atoms with Crippen molar-refractivity contribution < 1.29 is 14.4 Å². The summed E-state index contributed by atoms with van der Waals surface area (Å²) in [6, 6.07) is 14.8. The highest BCUT2D eigenvalue weighted by atomic mass is 35.5. The van der Waals surface area contributed by atoms with Crippen LogP contribution in [0, 0.1) is 0 Å². The van der Waals surface area contributed by atoms with Crippen molar-refractivity contribution in [3.8, 4) is 0 Å². The summed E-state index contributed by atoms with van der Waals surface area (Å²) < 4.78 is 0. The maximum absolute atomic E-state index is 12.5. The number of carbonyl (C=O) groups is 3. The summed E-state index contributed by atoms with van der Waals surface area (Å²) in [5.74, 6) is -0.229. The number of carbonyl (C=O) groups excluding carboxylic acids is 3. The van der Waals surface area contributed by atoms with Crippen LogP contribution in [0.25, 0.3) is 0 Å². The Balaban J connectivity index is 1.12. The van der Waals surface area contributed by atoms with Gasteiger partial charge >= 0.3 is 0 Å². The predicted octanol–water partition coefficient (Wildman–Crippen LogP) is 3.84. The maximum Gasteiger partial charge on any atom is 0.261 e. The Bertz CT molecular complexity index is 949. The first-order chi connectivity index (χ1) is 15.5. The van der Waals surface area contributed by atoms with Gasteiger partial charge in [-0.2, -0.15) is 0 Å². The number of unbranched alkanes of at least 4 members (excludes halogenated alkanes) is 2. The quantitative estimate of drug-likeness (QED) is 0.450. The third kappa shape index (κ3) is 5.19. The summed E-state index contributed by atoms with van der Waals surface area (Å²) in [5, 5.41) is 0.743. The molecule has 2 heterocycles. The second kappa shape index (κ2) is 10.3. The second-order valence-corrected chi connectivity index (χ2v) is 8.84. The van der Waals surface area contributed by atoms with E-state index >= 15 is 0 Å². The molecule has 2 aliphatic rings. The second-order valence-electron chi connectivity index (χ2n) is 8.40. The minimum absolute atomic E-state index is 0.192. The van der Waals surface area contributed by atoms with Gasteiger partial charge in [-0.1, -0.05) is 42.3 Å². The number of rotatable bonds is 8. The normalized spacial score (nSPS) is 16.5. The number of hydrogen-bond acceptors (Lipinski definition) is 4. The molecule has 6 nitrogen and oxygen atoms in total. The molecule has 2 aromatic carbocycles. The van der Waals surface area contributed by atoms with Crippen LogP contribution in [0.4, 0.5) is 0 Å². The van der Waals surface area contributed by atoms with Crippen molar-refractivity contribution in [2.24, 2.45) is 0 Å². The van der Waals surface area contributed by atoms with E-state index in [0.29, 0.717) is 30.5 Å². The number of amides is 3. The molecule has 0 aliphatic carbocycles. The van der Waals surface area contributed by atoms with Gasteiger partial charge in [-0.15, -0.1) is 0 Å². The molecule has 0 spiro atoms. The van der Waals surface area contributed by atoms with E-state index in [4.69, 9.17) is 11.6 Å². The van der Waals surface area contributed by atoms with Crippen LogP contribution in [0.1, 0.15) is 52.0 Å². The molecule has 32 heavy (non-hydrogen) atoms. The van der Waals surface area contributed by atoms with Crippen LogP contribution in [-0.4, -0.2) is 65.1 Å². The van der Waals surface area contributed by atoms with Gasteiger partial charge in [0.2, 0.25) is 5.91 Å². The van der Waals surface area contributed by atoms with Crippen molar-refractivity contribution >= 4 is 29.3 Å². The summed E-state index contributed by atoms with van der Waals surface area (Å²) in [7, 11) is 0. The molecule has 1 saturated heterocycles. The van der Waals surface area contributed by atoms with E-state index in [9.17, 15) is 14.4 Å². The Morgan fingerprint density at radius 1 is 0.812 bits per heavy atom. The van der Waals surface area contributed by atoms with Crippen LogP contribution in [0.2, 0.25) is 5.02 Å². The molecule has 3 amide bonds. The van der Waals surface area contributed by atoms with Crippen LogP contribution in [0.15, 0.2) is 48.5 Å². The molecule has 1 fully saturated rings. The number of halogens is 1. The van der Waals surface area contributed by atoms with Gasteiger partial charge in [0.15, 0.2) is 0 Å². The number of hydrogen-bond donors (Lipinski definition) is 0. The van der Waals surface area contributed by atoms with Gasteiger partial charge in [0.05, 0.1) is 11.1 Å². The molecular formula is C25H28ClN3O3. The molecule has 4 rings (SSSR count). The van der Waals surface area contributed by atoms with Crippen LogP contribution in [0.5, 0.6) is 0 Å². The van der Waals surface area contributed by atoms with Gasteiger partial charge < -0.3 is 4.90 Å². The molecule has 7 heteroatoms. The van der Waals surface area contributed by atoms with Crippen LogP contribution in [-0.2, 0) is 11.3 Å². The molecular weight excluding hydrogens is 426 g/mol. The fourth-order valence-corrected chi connectivity index (χ4v) is 4.45. The highest BCUT2D eigenvalue weighted by Crippen LogP contribution is 2.23. The molecule has 0 unspecified atom stereocenters. The topological polar surface area (TPSA) is 60.9 Å². The first-order valence-corrected chi connectivity index (χ1v) is 11.6. The van der Waals surface area contributed by atoms with Crippen molar-refractivity contribution in [2.45, 2.75) is 32.2 Å². The van der Waals surface area contributed by atoms with E-state index in [1.807, 2.05) is 29.2 Å². The molecule has 0 bridgehead atoms. The Hall–Kier alpha value is -2.70. The molecule has 2 aliphatic heterocycles. The van der Waals surface area contributed by atoms with E-state index < -0.39 is 0 Å². The van der Waals surface area contributed by atoms with Crippen molar-refractivity contribution in [1.82, 2.24) is 14.7 Å². The minimum Gasteiger partial charge on any atom is -0.340 e. The molecule has 0 N–H and O–H groups in total. The zero-order chi connectivity index (χ0) is 22.5. The minimum atomic E-state index is -0.210. The molecule has 0 atom stereocenters. The third-order valence-electron chi connectivity index (χ3n) is 6.19. The summed E-state index contributed by atoms with van der Waals surface area (Å²) >= 11 is 5.94. The van der Waals surface area contributed by atoms with E-state index in [2.05, 4.69) is 4.90 Å². The molecule has 0 aromatic heterocycles. The Morgan fingerprint density at radius 2 is 1.44 bits per heavy atom. The summed E-state index contributed by atoms with van der Waals surface area (Å²) in [6.07, 6.45) is 2.82. The average Bonchev–Trinajstić information content (AvgIpc) is 3.05. The Kier molecular flexibility index (Phi) is 7.22. The molecule has 2 aromatic rings. The fourth-order valence-electron chi connectivity index (χ4n) is 4.33. The van der Waals surface area contributed by atoms with Crippen LogP contribution < -0.4 is 0 Å². The van der Waals surface area contributed by atoms with Gasteiger partial charge in [0.1, 0.15) is 0 Å². The number of nitrogens with zero attached hydrogens (tertiary/aromatic N) is 3. The van der Waals surface area contributed by atoms with Crippen LogP contribution >= 0.6 is 11.6 Å². The number of piperazine rings is 1. The predicted molar refractivity (Wildman–Crippen MR) is 124 cm³/mol. The Labute approximate surface area is 193 Å². The Morgan fingerprint density at radius 3 is 2.06 bits per heavy atom. The lowest BCUT2D eigenvalue weighted by Gasteiger charge is -2.34. The van der Waals surface area contributed by atoms with E-state index in [1.165, 1.54) is 10.5 Å². The van der Waals surface area contributed by atoms with Crippen molar-refractivity contribution in [3.05, 3.63) is 70.2 Å². The first kappa shape index (κ1) is 22.5. The molecule has 168 valence electrons. The van der Waals surface area contributed by atoms with Gasteiger partial charge in [0.25, 0.3) is 11.8 Å². The summed E-state index contributed by atoms with van der Waals surface area (Å²) in [5.41, 5.74) is 2.21. The zero-order valence-corrected chi connectivity index (χ0v) is 18.9. The lowest BCUT2D eigenvalue weighted by Crippen LogP contribution is -2.48. The monoisotopic (exact) mass is 453 g/mol. The zero-order valence-electron chi connectivity index (χ0n) is 18.1. The van der Waals surface area contributed by atoms with Gasteiger partial charge in [-0.05, 0) is 42.7 Å². The van der Waals surface area contributed by atoms with E-state index in [-0.39, 0.29) is 17.7 Å². The lowest BCUT2D eigenvalue weighted by molar-refractivity contribution is -0.133. The SMILES string of the molecule is O=C(CCCCCN1C(=O)c2ccccc2C1=O)N1CCN(Cc2ccc(Cl)cc2)CC1. The third-order valence-corrected chi connectivity index (χ3v) is 6.45. The van der Waals surface area contributed by atoms with Gasteiger partial charge in [-0.25, -0.2) is 0 Å². The van der Waals surface area contributed by atoms with Crippen LogP contribution in [0.3, 0.4) is 0 Å². The van der Waals surface area contributed by atoms with Crippen molar-refractivity contribution in [3.63, 3.8) is 0 Å². The van der Waals surface area contributed by atoms with E-state index in [1.54, 1.807) is 24.3 Å². The van der Waals surface area contributed by atoms with Crippen molar-refractivity contribution in [2.75, 3.05) is 32.7 Å². The molecule has 0 saturated carbocycles. The maximum atomic E-state index is 12.5. The van der Waals surface area contributed by atoms with Gasteiger partial charge in [-0.3, -0.25) is 24.2 Å². The largest absolute Gasteiger partial charge is 0.340 e. The number of imide groups is 1. The smallest absolute Gasteiger partial charge is 0.261 e. The van der Waals surface area contributed by atoms with E-state index in [0.717, 1.165) is 50.6 Å². The summed E-state index contributed by atoms with van der Waals surface area (Å²) in [4.78, 5) is 42.9. The lowest BCUT2D eigenvalue weighted by atomic mass is 10.1. The number of fused-ring (bicyclic) bond motifs is 1. The number of benzene rings is 2. The van der Waals surface area contributed by atoms with Gasteiger partial charge in [0, 0.05) is 50.7 Å². The highest BCUT2D eigenvalue weighted by molar-refractivity contribution is 6.30. The highest BCUT2D eigenvalue weighted by Gasteiger charge is 2.34. The first-order valence-electron chi connectivity index (χ1n) is 11.2. The summed E-state index contributed by atoms with van der Waals surface area (Å²) in [6.45, 7) is 4.52. The standard InChI is InChI=1S/C25H28ClN3O3/c26-20-11-9-19(10-12-20)18-27-14-16-28(17-15-27)23(30)8-2-1-5-13-29-24(31)21-6-3-4-7-22(21)25(29)32/h3-4,6-7,9-12H,1-2,5,8,13-18H2. The average molecular weight is 454 g/mol. The fraction of sp³-hybridized carbons (Fsp3) is 0.400. The van der Waals surface area contributed by atoms with Crippen molar-refractivity contribution in [1.29, 1.82) is 0 Å².